The number of thiazole rings is 1. The number of aromatic nitrogens is 1. The van der Waals surface area contributed by atoms with Crippen molar-refractivity contribution in [3.8, 4) is 0 Å². The molecule has 0 aliphatic heterocycles. The lowest BCUT2D eigenvalue weighted by Gasteiger charge is -2.07. The van der Waals surface area contributed by atoms with Crippen molar-refractivity contribution in [3.63, 3.8) is 0 Å². The minimum absolute atomic E-state index is 0.0712. The summed E-state index contributed by atoms with van der Waals surface area (Å²) in [7, 11) is 0. The molecular formula is C11H13BrN2OS. The first-order valence-corrected chi connectivity index (χ1v) is 6.60. The van der Waals surface area contributed by atoms with Crippen LogP contribution in [0.1, 0.15) is 27.2 Å². The van der Waals surface area contributed by atoms with E-state index in [0.29, 0.717) is 4.67 Å². The highest BCUT2D eigenvalue weighted by Crippen LogP contribution is 2.27. The quantitative estimate of drug-likeness (QED) is 0.945. The summed E-state index contributed by atoms with van der Waals surface area (Å²) >= 11 is 5.05. The average molecular weight is 301 g/mol. The third kappa shape index (κ3) is 2.36. The Morgan fingerprint density at radius 2 is 2.31 bits per heavy atom. The van der Waals surface area contributed by atoms with E-state index in [1.807, 2.05) is 13.0 Å². The van der Waals surface area contributed by atoms with Gasteiger partial charge in [-0.1, -0.05) is 0 Å². The van der Waals surface area contributed by atoms with Gasteiger partial charge in [0.15, 0.2) is 4.67 Å². The molecule has 3 nitrogen and oxygen atoms in total. The van der Waals surface area contributed by atoms with E-state index in [2.05, 4.69) is 27.8 Å². The van der Waals surface area contributed by atoms with Crippen LogP contribution in [-0.2, 0) is 6.42 Å². The highest BCUT2D eigenvalue weighted by molar-refractivity contribution is 9.10. The Hall–Kier alpha value is -0.650. The van der Waals surface area contributed by atoms with Gasteiger partial charge in [0.25, 0.3) is 0 Å². The second-order valence-electron chi connectivity index (χ2n) is 3.71. The zero-order valence-corrected chi connectivity index (χ0v) is 11.6. The van der Waals surface area contributed by atoms with E-state index in [0.717, 1.165) is 22.7 Å². The van der Waals surface area contributed by atoms with E-state index < -0.39 is 0 Å². The normalized spacial score (nSPS) is 13.0. The summed E-state index contributed by atoms with van der Waals surface area (Å²) in [4.78, 5) is 5.74. The molecule has 1 atom stereocenters. The second kappa shape index (κ2) is 4.69. The number of rotatable bonds is 3. The number of furan rings is 1. The molecule has 5 heteroatoms. The summed E-state index contributed by atoms with van der Waals surface area (Å²) in [6, 6.07) is 1.82. The van der Waals surface area contributed by atoms with Gasteiger partial charge in [-0.2, -0.15) is 0 Å². The van der Waals surface area contributed by atoms with Crippen LogP contribution in [0.15, 0.2) is 21.4 Å². The maximum atomic E-state index is 6.11. The molecule has 0 saturated carbocycles. The fraction of sp³-hybridized carbons (Fsp3) is 0.364. The van der Waals surface area contributed by atoms with E-state index in [1.165, 1.54) is 4.88 Å². The molecule has 0 fully saturated rings. The van der Waals surface area contributed by atoms with E-state index in [9.17, 15) is 0 Å². The Bertz CT molecular complexity index is 472. The molecule has 2 heterocycles. The smallest absolute Gasteiger partial charge is 0.173 e. The molecule has 2 aromatic heterocycles. The van der Waals surface area contributed by atoms with Crippen molar-refractivity contribution in [3.05, 3.63) is 38.1 Å². The Morgan fingerprint density at radius 1 is 1.56 bits per heavy atom. The molecule has 0 spiro atoms. The lowest BCUT2D eigenvalue weighted by atomic mass is 10.1. The van der Waals surface area contributed by atoms with Crippen molar-refractivity contribution < 1.29 is 4.42 Å². The largest absolute Gasteiger partial charge is 0.457 e. The molecule has 0 aromatic carbocycles. The highest BCUT2D eigenvalue weighted by Gasteiger charge is 2.15. The van der Waals surface area contributed by atoms with Crippen LogP contribution in [0.3, 0.4) is 0 Å². The van der Waals surface area contributed by atoms with Gasteiger partial charge in [0.1, 0.15) is 0 Å². The zero-order chi connectivity index (χ0) is 11.7. The third-order valence-electron chi connectivity index (χ3n) is 2.51. The lowest BCUT2D eigenvalue weighted by molar-refractivity contribution is 0.531. The molecule has 0 bridgehead atoms. The van der Waals surface area contributed by atoms with Crippen LogP contribution in [0.2, 0.25) is 0 Å². The number of halogens is 1. The number of nitrogens with two attached hydrogens (primary N) is 1. The summed E-state index contributed by atoms with van der Waals surface area (Å²) in [6.07, 6.45) is 2.38. The average Bonchev–Trinajstić information content (AvgIpc) is 2.74. The highest BCUT2D eigenvalue weighted by atomic mass is 79.9. The second-order valence-corrected chi connectivity index (χ2v) is 5.72. The lowest BCUT2D eigenvalue weighted by Crippen LogP contribution is -2.12. The van der Waals surface area contributed by atoms with Gasteiger partial charge in [-0.15, -0.1) is 11.3 Å². The molecule has 0 aliphatic carbocycles. The van der Waals surface area contributed by atoms with Crippen LogP contribution >= 0.6 is 27.3 Å². The SMILES string of the molecule is Cc1nc(CC(N)c2ccoc2Br)sc1C. The van der Waals surface area contributed by atoms with E-state index in [1.54, 1.807) is 17.6 Å². The Morgan fingerprint density at radius 3 is 2.81 bits per heavy atom. The van der Waals surface area contributed by atoms with Gasteiger partial charge < -0.3 is 10.2 Å². The predicted molar refractivity (Wildman–Crippen MR) is 68.6 cm³/mol. The predicted octanol–water partition coefficient (Wildman–Crippen LogP) is 3.36. The molecular weight excluding hydrogens is 288 g/mol. The van der Waals surface area contributed by atoms with Gasteiger partial charge in [-0.3, -0.25) is 0 Å². The van der Waals surface area contributed by atoms with Crippen LogP contribution in [0, 0.1) is 13.8 Å². The monoisotopic (exact) mass is 300 g/mol. The van der Waals surface area contributed by atoms with Crippen LogP contribution in [-0.4, -0.2) is 4.98 Å². The van der Waals surface area contributed by atoms with E-state index in [-0.39, 0.29) is 6.04 Å². The summed E-state index contributed by atoms with van der Waals surface area (Å²) in [5.74, 6) is 0. The molecule has 2 rings (SSSR count). The number of nitrogens with zero attached hydrogens (tertiary/aromatic N) is 1. The van der Waals surface area contributed by atoms with Crippen molar-refractivity contribution in [1.29, 1.82) is 0 Å². The van der Waals surface area contributed by atoms with Gasteiger partial charge in [0.05, 0.1) is 17.0 Å². The van der Waals surface area contributed by atoms with E-state index in [4.69, 9.17) is 10.2 Å². The van der Waals surface area contributed by atoms with Gasteiger partial charge >= 0.3 is 0 Å². The Balaban J connectivity index is 2.13. The van der Waals surface area contributed by atoms with Gasteiger partial charge in [-0.25, -0.2) is 4.98 Å². The van der Waals surface area contributed by atoms with Gasteiger partial charge in [0.2, 0.25) is 0 Å². The number of hydrogen-bond donors (Lipinski definition) is 1. The number of aryl methyl sites for hydroxylation is 2. The molecule has 0 amide bonds. The maximum absolute atomic E-state index is 6.11. The van der Waals surface area contributed by atoms with Crippen molar-refractivity contribution in [2.45, 2.75) is 26.3 Å². The molecule has 0 saturated heterocycles. The standard InChI is InChI=1S/C11H13BrN2OS/c1-6-7(2)16-10(14-6)5-9(13)8-3-4-15-11(8)12/h3-4,9H,5,13H2,1-2H3. The first-order chi connectivity index (χ1) is 7.58. The van der Waals surface area contributed by atoms with Crippen molar-refractivity contribution >= 4 is 27.3 Å². The van der Waals surface area contributed by atoms with Crippen molar-refractivity contribution in [1.82, 2.24) is 4.98 Å². The molecule has 0 radical (unpaired) electrons. The fourth-order valence-electron chi connectivity index (χ4n) is 1.49. The van der Waals surface area contributed by atoms with Crippen molar-refractivity contribution in [2.75, 3.05) is 0 Å². The summed E-state index contributed by atoms with van der Waals surface area (Å²) in [6.45, 7) is 4.10. The molecule has 86 valence electrons. The first-order valence-electron chi connectivity index (χ1n) is 4.99. The fourth-order valence-corrected chi connectivity index (χ4v) is 3.02. The maximum Gasteiger partial charge on any atom is 0.173 e. The molecule has 0 aliphatic rings. The Kier molecular flexibility index (Phi) is 3.47. The van der Waals surface area contributed by atoms with Crippen molar-refractivity contribution in [2.24, 2.45) is 5.73 Å². The zero-order valence-electron chi connectivity index (χ0n) is 9.16. The van der Waals surface area contributed by atoms with Gasteiger partial charge in [0, 0.05) is 22.9 Å². The minimum atomic E-state index is -0.0712. The Labute approximate surface area is 107 Å². The van der Waals surface area contributed by atoms with Gasteiger partial charge in [-0.05, 0) is 35.8 Å². The minimum Gasteiger partial charge on any atom is -0.457 e. The van der Waals surface area contributed by atoms with Crippen LogP contribution in [0.25, 0.3) is 0 Å². The molecule has 1 unspecified atom stereocenters. The summed E-state index contributed by atoms with van der Waals surface area (Å²) < 4.78 is 5.88. The summed E-state index contributed by atoms with van der Waals surface area (Å²) in [5.41, 5.74) is 8.20. The van der Waals surface area contributed by atoms with Crippen LogP contribution in [0.4, 0.5) is 0 Å². The van der Waals surface area contributed by atoms with Crippen LogP contribution in [0.5, 0.6) is 0 Å². The first kappa shape index (κ1) is 11.8. The van der Waals surface area contributed by atoms with Crippen LogP contribution < -0.4 is 5.73 Å². The molecule has 16 heavy (non-hydrogen) atoms. The topological polar surface area (TPSA) is 52.0 Å². The molecule has 2 N–H and O–H groups in total. The third-order valence-corrected chi connectivity index (χ3v) is 4.25. The van der Waals surface area contributed by atoms with E-state index >= 15 is 0 Å². The summed E-state index contributed by atoms with van der Waals surface area (Å²) in [5, 5.41) is 1.08. The molecule has 2 aromatic rings. The number of hydrogen-bond acceptors (Lipinski definition) is 4.